The molecule has 0 atom stereocenters. The van der Waals surface area contributed by atoms with E-state index < -0.39 is 0 Å². The summed E-state index contributed by atoms with van der Waals surface area (Å²) >= 11 is 0. The molecule has 3 aromatic rings. The molecule has 3 rings (SSSR count). The van der Waals surface area contributed by atoms with Crippen LogP contribution in [0, 0.1) is 5.82 Å². The number of hydrazone groups is 1. The Kier molecular flexibility index (Phi) is 4.81. The van der Waals surface area contributed by atoms with Crippen LogP contribution in [0.5, 0.6) is 5.75 Å². The molecule has 1 N–H and O–H groups in total. The highest BCUT2D eigenvalue weighted by molar-refractivity contribution is 5.88. The van der Waals surface area contributed by atoms with E-state index in [0.717, 1.165) is 10.8 Å². The standard InChI is InChI=1S/C19H15FN2O2/c20-16-10-8-14(9-11-16)12-21-22-19(23)13-24-18-7-3-5-15-4-1-2-6-17(15)18/h1-12H,13H2,(H,22,23)/b21-12+. The van der Waals surface area contributed by atoms with Crippen molar-refractivity contribution in [1.82, 2.24) is 5.43 Å². The highest BCUT2D eigenvalue weighted by Gasteiger charge is 2.04. The average molecular weight is 322 g/mol. The first-order valence-electron chi connectivity index (χ1n) is 7.40. The van der Waals surface area contributed by atoms with Crippen molar-refractivity contribution in [2.75, 3.05) is 6.61 Å². The molecule has 0 unspecified atom stereocenters. The fourth-order valence-corrected chi connectivity index (χ4v) is 2.22. The molecule has 4 nitrogen and oxygen atoms in total. The first-order chi connectivity index (χ1) is 11.7. The molecule has 0 saturated heterocycles. The lowest BCUT2D eigenvalue weighted by atomic mass is 10.1. The van der Waals surface area contributed by atoms with Gasteiger partial charge in [-0.25, -0.2) is 9.82 Å². The SMILES string of the molecule is O=C(COc1cccc2ccccc12)N/N=C/c1ccc(F)cc1. The second-order valence-corrected chi connectivity index (χ2v) is 5.11. The first-order valence-corrected chi connectivity index (χ1v) is 7.40. The van der Waals surface area contributed by atoms with Gasteiger partial charge < -0.3 is 4.74 Å². The lowest BCUT2D eigenvalue weighted by molar-refractivity contribution is -0.123. The Morgan fingerprint density at radius 2 is 1.79 bits per heavy atom. The van der Waals surface area contributed by atoms with E-state index in [1.807, 2.05) is 42.5 Å². The van der Waals surface area contributed by atoms with Gasteiger partial charge in [0.15, 0.2) is 6.61 Å². The third-order valence-electron chi connectivity index (χ3n) is 3.38. The summed E-state index contributed by atoms with van der Waals surface area (Å²) in [7, 11) is 0. The van der Waals surface area contributed by atoms with Crippen molar-refractivity contribution in [3.63, 3.8) is 0 Å². The van der Waals surface area contributed by atoms with Gasteiger partial charge in [-0.05, 0) is 29.1 Å². The molecule has 0 saturated carbocycles. The Hall–Kier alpha value is -3.21. The largest absolute Gasteiger partial charge is 0.483 e. The summed E-state index contributed by atoms with van der Waals surface area (Å²) in [5.41, 5.74) is 3.06. The lowest BCUT2D eigenvalue weighted by Crippen LogP contribution is -2.24. The van der Waals surface area contributed by atoms with E-state index in [4.69, 9.17) is 4.74 Å². The molecule has 24 heavy (non-hydrogen) atoms. The number of hydrogen-bond donors (Lipinski definition) is 1. The highest BCUT2D eigenvalue weighted by atomic mass is 19.1. The van der Waals surface area contributed by atoms with Gasteiger partial charge in [-0.15, -0.1) is 0 Å². The zero-order chi connectivity index (χ0) is 16.8. The zero-order valence-corrected chi connectivity index (χ0v) is 12.8. The van der Waals surface area contributed by atoms with Gasteiger partial charge >= 0.3 is 0 Å². The molecule has 3 aromatic carbocycles. The summed E-state index contributed by atoms with van der Waals surface area (Å²) in [5.74, 6) is -0.0493. The topological polar surface area (TPSA) is 50.7 Å². The van der Waals surface area contributed by atoms with Gasteiger partial charge in [0.25, 0.3) is 5.91 Å². The van der Waals surface area contributed by atoms with Crippen molar-refractivity contribution in [2.45, 2.75) is 0 Å². The van der Waals surface area contributed by atoms with Crippen LogP contribution in [-0.2, 0) is 4.79 Å². The minimum Gasteiger partial charge on any atom is -0.483 e. The van der Waals surface area contributed by atoms with Crippen LogP contribution < -0.4 is 10.2 Å². The minimum absolute atomic E-state index is 0.144. The van der Waals surface area contributed by atoms with Crippen molar-refractivity contribution < 1.29 is 13.9 Å². The molecule has 0 heterocycles. The average Bonchev–Trinajstić information content (AvgIpc) is 2.61. The lowest BCUT2D eigenvalue weighted by Gasteiger charge is -2.08. The Balaban J connectivity index is 1.56. The Morgan fingerprint density at radius 3 is 2.62 bits per heavy atom. The number of fused-ring (bicyclic) bond motifs is 1. The van der Waals surface area contributed by atoms with E-state index in [-0.39, 0.29) is 18.3 Å². The molecular weight excluding hydrogens is 307 g/mol. The molecule has 0 aliphatic heterocycles. The smallest absolute Gasteiger partial charge is 0.277 e. The van der Waals surface area contributed by atoms with E-state index in [0.29, 0.717) is 11.3 Å². The fourth-order valence-electron chi connectivity index (χ4n) is 2.22. The van der Waals surface area contributed by atoms with Gasteiger partial charge in [-0.3, -0.25) is 4.79 Å². The van der Waals surface area contributed by atoms with Crippen LogP contribution in [0.15, 0.2) is 71.8 Å². The molecule has 0 aliphatic rings. The maximum absolute atomic E-state index is 12.8. The summed E-state index contributed by atoms with van der Waals surface area (Å²) in [4.78, 5) is 11.8. The van der Waals surface area contributed by atoms with E-state index in [2.05, 4.69) is 10.5 Å². The Labute approximate surface area is 138 Å². The summed E-state index contributed by atoms with van der Waals surface area (Å²) in [6.07, 6.45) is 1.44. The third-order valence-corrected chi connectivity index (χ3v) is 3.38. The van der Waals surface area contributed by atoms with Gasteiger partial charge in [0, 0.05) is 5.39 Å². The van der Waals surface area contributed by atoms with Crippen molar-refractivity contribution >= 4 is 22.9 Å². The van der Waals surface area contributed by atoms with Gasteiger partial charge in [0.1, 0.15) is 11.6 Å². The number of ether oxygens (including phenoxy) is 1. The van der Waals surface area contributed by atoms with Gasteiger partial charge in [0.2, 0.25) is 0 Å². The zero-order valence-electron chi connectivity index (χ0n) is 12.8. The van der Waals surface area contributed by atoms with Gasteiger partial charge in [-0.2, -0.15) is 5.10 Å². The van der Waals surface area contributed by atoms with Crippen molar-refractivity contribution in [3.05, 3.63) is 78.1 Å². The van der Waals surface area contributed by atoms with Gasteiger partial charge in [0.05, 0.1) is 6.21 Å². The summed E-state index contributed by atoms with van der Waals surface area (Å²) in [6, 6.07) is 19.2. The summed E-state index contributed by atoms with van der Waals surface area (Å²) in [6.45, 7) is -0.144. The number of hydrogen-bond acceptors (Lipinski definition) is 3. The number of amides is 1. The van der Waals surface area contributed by atoms with Crippen LogP contribution in [-0.4, -0.2) is 18.7 Å². The van der Waals surface area contributed by atoms with Crippen LogP contribution in [0.25, 0.3) is 10.8 Å². The number of rotatable bonds is 5. The number of nitrogens with zero attached hydrogens (tertiary/aromatic N) is 1. The summed E-state index contributed by atoms with van der Waals surface area (Å²) in [5, 5.41) is 5.81. The van der Waals surface area contributed by atoms with Crippen molar-refractivity contribution in [3.8, 4) is 5.75 Å². The molecule has 0 bridgehead atoms. The maximum Gasteiger partial charge on any atom is 0.277 e. The number of carbonyl (C=O) groups is 1. The number of benzene rings is 3. The van der Waals surface area contributed by atoms with Crippen LogP contribution in [0.2, 0.25) is 0 Å². The molecule has 0 aromatic heterocycles. The fraction of sp³-hybridized carbons (Fsp3) is 0.0526. The number of nitrogens with one attached hydrogen (secondary N) is 1. The van der Waals surface area contributed by atoms with E-state index in [9.17, 15) is 9.18 Å². The van der Waals surface area contributed by atoms with Crippen LogP contribution in [0.1, 0.15) is 5.56 Å². The molecule has 0 aliphatic carbocycles. The molecule has 5 heteroatoms. The Morgan fingerprint density at radius 1 is 1.04 bits per heavy atom. The second kappa shape index (κ2) is 7.37. The van der Waals surface area contributed by atoms with E-state index in [1.54, 1.807) is 12.1 Å². The van der Waals surface area contributed by atoms with Crippen molar-refractivity contribution in [1.29, 1.82) is 0 Å². The third kappa shape index (κ3) is 3.95. The van der Waals surface area contributed by atoms with Gasteiger partial charge in [-0.1, -0.05) is 48.5 Å². The van der Waals surface area contributed by atoms with E-state index in [1.165, 1.54) is 18.3 Å². The van der Waals surface area contributed by atoms with Crippen LogP contribution >= 0.6 is 0 Å². The molecule has 120 valence electrons. The summed E-state index contributed by atoms with van der Waals surface area (Å²) < 4.78 is 18.3. The van der Waals surface area contributed by atoms with Crippen molar-refractivity contribution in [2.24, 2.45) is 5.10 Å². The molecule has 0 spiro atoms. The molecule has 1 amide bonds. The van der Waals surface area contributed by atoms with E-state index >= 15 is 0 Å². The normalized spacial score (nSPS) is 10.9. The molecular formula is C19H15FN2O2. The monoisotopic (exact) mass is 322 g/mol. The second-order valence-electron chi connectivity index (χ2n) is 5.11. The Bertz CT molecular complexity index is 871. The van der Waals surface area contributed by atoms with Crippen LogP contribution in [0.3, 0.4) is 0 Å². The number of halogens is 1. The highest BCUT2D eigenvalue weighted by Crippen LogP contribution is 2.24. The minimum atomic E-state index is -0.374. The predicted octanol–water partition coefficient (Wildman–Crippen LogP) is 3.51. The molecule has 0 fully saturated rings. The quantitative estimate of drug-likeness (QED) is 0.577. The maximum atomic E-state index is 12.8. The first kappa shape index (κ1) is 15.7. The number of carbonyl (C=O) groups excluding carboxylic acids is 1. The predicted molar refractivity (Wildman–Crippen MR) is 91.6 cm³/mol. The molecule has 0 radical (unpaired) electrons. The van der Waals surface area contributed by atoms with Crippen LogP contribution in [0.4, 0.5) is 4.39 Å².